The molecule has 0 spiro atoms. The lowest BCUT2D eigenvalue weighted by Gasteiger charge is -2.13. The Morgan fingerprint density at radius 3 is 2.96 bits per heavy atom. The third kappa shape index (κ3) is 5.68. The number of furan rings is 1. The summed E-state index contributed by atoms with van der Waals surface area (Å²) < 4.78 is 26.7. The predicted molar refractivity (Wildman–Crippen MR) is 105 cm³/mol. The van der Waals surface area contributed by atoms with Crippen molar-refractivity contribution < 1.29 is 13.5 Å². The van der Waals surface area contributed by atoms with Gasteiger partial charge in [-0.25, -0.2) is 9.37 Å². The van der Waals surface area contributed by atoms with Gasteiger partial charge >= 0.3 is 0 Å². The highest BCUT2D eigenvalue weighted by molar-refractivity contribution is 5.79. The largest absolute Gasteiger partial charge is 0.467 e. The molecule has 148 valence electrons. The summed E-state index contributed by atoms with van der Waals surface area (Å²) in [4.78, 5) is 8.11. The number of nitrogens with zero attached hydrogens (tertiary/aromatic N) is 3. The van der Waals surface area contributed by atoms with E-state index in [1.807, 2.05) is 18.2 Å². The summed E-state index contributed by atoms with van der Waals surface area (Å²) in [6, 6.07) is 8.85. The predicted octanol–water partition coefficient (Wildman–Crippen LogP) is 2.88. The van der Waals surface area contributed by atoms with Crippen LogP contribution in [0.15, 0.2) is 64.7 Å². The number of benzene rings is 1. The first-order valence-electron chi connectivity index (χ1n) is 9.07. The minimum atomic E-state index is -0.297. The Hall–Kier alpha value is -3.13. The molecule has 2 aromatic heterocycles. The minimum absolute atomic E-state index is 0.297. The molecule has 28 heavy (non-hydrogen) atoms. The molecule has 0 saturated heterocycles. The van der Waals surface area contributed by atoms with Gasteiger partial charge in [0, 0.05) is 39.1 Å². The van der Waals surface area contributed by atoms with E-state index in [1.165, 1.54) is 6.07 Å². The third-order valence-electron chi connectivity index (χ3n) is 4.06. The fourth-order valence-corrected chi connectivity index (χ4v) is 2.63. The van der Waals surface area contributed by atoms with Crippen LogP contribution < -0.4 is 10.6 Å². The topological polar surface area (TPSA) is 76.6 Å². The van der Waals surface area contributed by atoms with E-state index in [0.717, 1.165) is 17.7 Å². The number of hydrogen-bond acceptors (Lipinski definition) is 4. The molecule has 0 aliphatic heterocycles. The molecule has 7 nitrogen and oxygen atoms in total. The highest BCUT2D eigenvalue weighted by atomic mass is 19.1. The van der Waals surface area contributed by atoms with Crippen LogP contribution in [0.5, 0.6) is 0 Å². The summed E-state index contributed by atoms with van der Waals surface area (Å²) in [6.45, 7) is 2.27. The van der Waals surface area contributed by atoms with Gasteiger partial charge in [-0.05, 0) is 36.2 Å². The Balaban J connectivity index is 1.37. The molecular formula is C20H24FN5O2. The van der Waals surface area contributed by atoms with Crippen molar-refractivity contribution in [3.63, 3.8) is 0 Å². The zero-order valence-corrected chi connectivity index (χ0v) is 15.8. The second kappa shape index (κ2) is 10.3. The molecule has 3 rings (SSSR count). The number of nitrogens with one attached hydrogen (secondary N) is 2. The molecule has 0 fully saturated rings. The Morgan fingerprint density at radius 1 is 1.32 bits per heavy atom. The van der Waals surface area contributed by atoms with Crippen LogP contribution >= 0.6 is 0 Å². The lowest BCUT2D eigenvalue weighted by Crippen LogP contribution is -2.37. The number of aliphatic imine (C=N–C) groups is 1. The van der Waals surface area contributed by atoms with Crippen LogP contribution in [-0.4, -0.2) is 35.7 Å². The molecule has 2 N–H and O–H groups in total. The smallest absolute Gasteiger partial charge is 0.191 e. The summed E-state index contributed by atoms with van der Waals surface area (Å²) in [5, 5.41) is 6.39. The number of halogens is 1. The van der Waals surface area contributed by atoms with E-state index in [9.17, 15) is 4.39 Å². The maximum Gasteiger partial charge on any atom is 0.191 e. The summed E-state index contributed by atoms with van der Waals surface area (Å²) in [6.07, 6.45) is 7.36. The van der Waals surface area contributed by atoms with Crippen molar-refractivity contribution in [1.82, 2.24) is 20.2 Å². The van der Waals surface area contributed by atoms with Crippen LogP contribution in [0.3, 0.4) is 0 Å². The van der Waals surface area contributed by atoms with Gasteiger partial charge in [0.1, 0.15) is 18.2 Å². The van der Waals surface area contributed by atoms with Gasteiger partial charge in [0.25, 0.3) is 0 Å². The molecule has 3 aromatic rings. The van der Waals surface area contributed by atoms with Crippen molar-refractivity contribution in [1.29, 1.82) is 0 Å². The third-order valence-corrected chi connectivity index (χ3v) is 4.06. The first kappa shape index (κ1) is 19.6. The Labute approximate surface area is 163 Å². The fourth-order valence-electron chi connectivity index (χ4n) is 2.63. The zero-order chi connectivity index (χ0) is 19.6. The van der Waals surface area contributed by atoms with Crippen molar-refractivity contribution in [2.75, 3.05) is 20.2 Å². The number of ether oxygens (including phenoxy) is 1. The first-order valence-corrected chi connectivity index (χ1v) is 9.07. The van der Waals surface area contributed by atoms with E-state index in [1.54, 1.807) is 42.7 Å². The molecule has 2 heterocycles. The van der Waals surface area contributed by atoms with Crippen molar-refractivity contribution in [3.8, 4) is 5.69 Å². The van der Waals surface area contributed by atoms with Crippen molar-refractivity contribution >= 4 is 5.96 Å². The molecule has 0 unspecified atom stereocenters. The molecule has 0 radical (unpaired) electrons. The molecular weight excluding hydrogens is 361 g/mol. The lowest BCUT2D eigenvalue weighted by atomic mass is 10.2. The van der Waals surface area contributed by atoms with E-state index >= 15 is 0 Å². The minimum Gasteiger partial charge on any atom is -0.467 e. The average molecular weight is 385 g/mol. The van der Waals surface area contributed by atoms with Crippen LogP contribution in [-0.2, 0) is 17.9 Å². The number of imidazole rings is 1. The fraction of sp³-hybridized carbons (Fsp3) is 0.300. The van der Waals surface area contributed by atoms with Crippen LogP contribution in [0.25, 0.3) is 5.69 Å². The first-order chi connectivity index (χ1) is 13.8. The van der Waals surface area contributed by atoms with Crippen molar-refractivity contribution in [3.05, 3.63) is 72.5 Å². The monoisotopic (exact) mass is 385 g/mol. The standard InChI is InChI=1S/C20H24FN5O2/c1-22-20(24-7-3-10-27-14-17-4-2-11-28-17)25-13-16-5-6-19(18(21)12-16)26-9-8-23-15-26/h2,4-6,8-9,11-12,15H,3,7,10,13-14H2,1H3,(H2,22,24,25). The SMILES string of the molecule is CN=C(NCCCOCc1ccco1)NCc1ccc(-n2ccnc2)c(F)c1. The summed E-state index contributed by atoms with van der Waals surface area (Å²) in [7, 11) is 1.70. The van der Waals surface area contributed by atoms with Gasteiger partial charge in [0.2, 0.25) is 0 Å². The maximum absolute atomic E-state index is 14.3. The molecule has 0 bridgehead atoms. The number of guanidine groups is 1. The highest BCUT2D eigenvalue weighted by Crippen LogP contribution is 2.14. The molecule has 0 saturated carbocycles. The Bertz CT molecular complexity index is 863. The normalized spacial score (nSPS) is 11.6. The van der Waals surface area contributed by atoms with Crippen LogP contribution in [0.4, 0.5) is 4.39 Å². The molecule has 0 atom stereocenters. The average Bonchev–Trinajstić information content (AvgIpc) is 3.41. The van der Waals surface area contributed by atoms with Gasteiger partial charge in [-0.3, -0.25) is 4.99 Å². The van der Waals surface area contributed by atoms with E-state index in [2.05, 4.69) is 20.6 Å². The van der Waals surface area contributed by atoms with E-state index in [-0.39, 0.29) is 5.82 Å². The van der Waals surface area contributed by atoms with Crippen LogP contribution in [0, 0.1) is 5.82 Å². The van der Waals surface area contributed by atoms with E-state index in [4.69, 9.17) is 9.15 Å². The van der Waals surface area contributed by atoms with E-state index in [0.29, 0.717) is 38.0 Å². The summed E-state index contributed by atoms with van der Waals surface area (Å²) >= 11 is 0. The van der Waals surface area contributed by atoms with E-state index < -0.39 is 0 Å². The Morgan fingerprint density at radius 2 is 2.25 bits per heavy atom. The second-order valence-electron chi connectivity index (χ2n) is 6.09. The molecule has 8 heteroatoms. The lowest BCUT2D eigenvalue weighted by molar-refractivity contribution is 0.105. The molecule has 1 aromatic carbocycles. The van der Waals surface area contributed by atoms with Gasteiger partial charge in [-0.1, -0.05) is 6.07 Å². The molecule has 0 amide bonds. The Kier molecular flexibility index (Phi) is 7.20. The second-order valence-corrected chi connectivity index (χ2v) is 6.09. The van der Waals surface area contributed by atoms with Gasteiger partial charge in [-0.15, -0.1) is 0 Å². The van der Waals surface area contributed by atoms with Gasteiger partial charge in [-0.2, -0.15) is 0 Å². The summed E-state index contributed by atoms with van der Waals surface area (Å²) in [5.74, 6) is 1.18. The number of hydrogen-bond donors (Lipinski definition) is 2. The van der Waals surface area contributed by atoms with Gasteiger partial charge in [0.15, 0.2) is 5.96 Å². The number of rotatable bonds is 9. The summed E-state index contributed by atoms with van der Waals surface area (Å²) in [5.41, 5.74) is 1.30. The van der Waals surface area contributed by atoms with Crippen LogP contribution in [0.1, 0.15) is 17.7 Å². The van der Waals surface area contributed by atoms with Crippen molar-refractivity contribution in [2.24, 2.45) is 4.99 Å². The van der Waals surface area contributed by atoms with Crippen LogP contribution in [0.2, 0.25) is 0 Å². The van der Waals surface area contributed by atoms with Gasteiger partial charge < -0.3 is 24.4 Å². The van der Waals surface area contributed by atoms with Gasteiger partial charge in [0.05, 0.1) is 18.3 Å². The zero-order valence-electron chi connectivity index (χ0n) is 15.8. The molecule has 0 aliphatic carbocycles. The maximum atomic E-state index is 14.3. The highest BCUT2D eigenvalue weighted by Gasteiger charge is 2.06. The molecule has 0 aliphatic rings. The quantitative estimate of drug-likeness (QED) is 0.337. The van der Waals surface area contributed by atoms with Crippen molar-refractivity contribution in [2.45, 2.75) is 19.6 Å². The number of aromatic nitrogens is 2.